The van der Waals surface area contributed by atoms with E-state index >= 15 is 0 Å². The van der Waals surface area contributed by atoms with Crippen LogP contribution in [-0.4, -0.2) is 52.4 Å². The lowest BCUT2D eigenvalue weighted by Crippen LogP contribution is -2.68. The van der Waals surface area contributed by atoms with Gasteiger partial charge in [0.05, 0.1) is 6.10 Å². The summed E-state index contributed by atoms with van der Waals surface area (Å²) in [5.41, 5.74) is -1.88. The number of rotatable bonds is 2. The highest BCUT2D eigenvalue weighted by molar-refractivity contribution is 4.98. The Morgan fingerprint density at radius 3 is 2.40 bits per heavy atom. The maximum absolute atomic E-state index is 10.9. The van der Waals surface area contributed by atoms with Gasteiger partial charge in [-0.1, -0.05) is 0 Å². The van der Waals surface area contributed by atoms with Gasteiger partial charge in [0.15, 0.2) is 18.5 Å². The molecule has 1 aliphatic heterocycles. The summed E-state index contributed by atoms with van der Waals surface area (Å²) in [6.07, 6.45) is -4.76. The van der Waals surface area contributed by atoms with Crippen LogP contribution in [0.3, 0.4) is 0 Å². The second kappa shape index (κ2) is 4.01. The van der Waals surface area contributed by atoms with Crippen molar-refractivity contribution in [2.24, 2.45) is 0 Å². The minimum Gasteiger partial charge on any atom is -0.383 e. The zero-order valence-corrected chi connectivity index (χ0v) is 8.78. The van der Waals surface area contributed by atoms with Crippen molar-refractivity contribution < 1.29 is 24.6 Å². The highest BCUT2D eigenvalue weighted by Crippen LogP contribution is 2.32. The average Bonchev–Trinajstić information content (AvgIpc) is 2.20. The van der Waals surface area contributed by atoms with Gasteiger partial charge in [-0.3, -0.25) is 10.1 Å². The largest absolute Gasteiger partial charge is 0.383 e. The lowest BCUT2D eigenvalue weighted by Gasteiger charge is -2.42. The van der Waals surface area contributed by atoms with Crippen LogP contribution < -0.4 is 0 Å². The maximum atomic E-state index is 10.9. The third-order valence-corrected chi connectivity index (χ3v) is 2.87. The summed E-state index contributed by atoms with van der Waals surface area (Å²) < 4.78 is 9.86. The van der Waals surface area contributed by atoms with Crippen molar-refractivity contribution in [1.82, 2.24) is 0 Å². The quantitative estimate of drug-likeness (QED) is 0.464. The van der Waals surface area contributed by atoms with Gasteiger partial charge in [-0.05, 0) is 6.92 Å². The van der Waals surface area contributed by atoms with Crippen molar-refractivity contribution >= 4 is 0 Å². The van der Waals surface area contributed by atoms with E-state index in [9.17, 15) is 20.3 Å². The van der Waals surface area contributed by atoms with E-state index in [1.165, 1.54) is 21.0 Å². The molecule has 0 radical (unpaired) electrons. The first-order chi connectivity index (χ1) is 6.85. The van der Waals surface area contributed by atoms with Gasteiger partial charge in [-0.15, -0.1) is 0 Å². The average molecular weight is 221 g/mol. The first kappa shape index (κ1) is 12.3. The lowest BCUT2D eigenvalue weighted by molar-refractivity contribution is -0.608. The predicted octanol–water partition coefficient (Wildman–Crippen LogP) is -0.865. The molecule has 0 spiro atoms. The predicted molar refractivity (Wildman–Crippen MR) is 48.8 cm³/mol. The zero-order valence-electron chi connectivity index (χ0n) is 8.78. The molecule has 1 saturated heterocycles. The molecule has 0 aromatic carbocycles. The molecule has 1 heterocycles. The van der Waals surface area contributed by atoms with Crippen LogP contribution in [0.5, 0.6) is 0 Å². The fourth-order valence-corrected chi connectivity index (χ4v) is 1.69. The summed E-state index contributed by atoms with van der Waals surface area (Å²) in [7, 11) is 1.28. The third-order valence-electron chi connectivity index (χ3n) is 2.87. The number of hydrogen-bond donors (Lipinski definition) is 2. The van der Waals surface area contributed by atoms with E-state index in [4.69, 9.17) is 9.47 Å². The molecule has 88 valence electrons. The zero-order chi connectivity index (χ0) is 11.8. The van der Waals surface area contributed by atoms with Crippen LogP contribution in [0.1, 0.15) is 13.8 Å². The molecular weight excluding hydrogens is 206 g/mol. The van der Waals surface area contributed by atoms with Crippen LogP contribution >= 0.6 is 0 Å². The van der Waals surface area contributed by atoms with E-state index in [1.54, 1.807) is 0 Å². The number of hydrogen-bond acceptors (Lipinski definition) is 6. The Labute approximate surface area is 86.8 Å². The summed E-state index contributed by atoms with van der Waals surface area (Å²) in [6.45, 7) is 2.66. The van der Waals surface area contributed by atoms with E-state index in [2.05, 4.69) is 0 Å². The molecule has 0 aromatic rings. The van der Waals surface area contributed by atoms with E-state index in [0.29, 0.717) is 0 Å². The summed E-state index contributed by atoms with van der Waals surface area (Å²) in [6, 6.07) is 0. The number of aliphatic hydroxyl groups is 2. The van der Waals surface area contributed by atoms with Gasteiger partial charge in [0, 0.05) is 19.0 Å². The van der Waals surface area contributed by atoms with Crippen molar-refractivity contribution in [2.75, 3.05) is 7.11 Å². The van der Waals surface area contributed by atoms with E-state index in [1.807, 2.05) is 0 Å². The molecule has 0 bridgehead atoms. The van der Waals surface area contributed by atoms with Gasteiger partial charge < -0.3 is 19.7 Å². The molecule has 7 heteroatoms. The van der Waals surface area contributed by atoms with Crippen molar-refractivity contribution in [3.63, 3.8) is 0 Å². The van der Waals surface area contributed by atoms with Crippen molar-refractivity contribution in [3.8, 4) is 0 Å². The number of nitrogens with zero attached hydrogens (tertiary/aromatic N) is 1. The van der Waals surface area contributed by atoms with Crippen LogP contribution in [0.25, 0.3) is 0 Å². The second-order valence-corrected chi connectivity index (χ2v) is 3.82. The number of nitro groups is 1. The molecule has 1 fully saturated rings. The smallest absolute Gasteiger partial charge is 0.277 e. The van der Waals surface area contributed by atoms with Gasteiger partial charge in [0.1, 0.15) is 0 Å². The van der Waals surface area contributed by atoms with Crippen molar-refractivity contribution in [2.45, 2.75) is 44.0 Å². The van der Waals surface area contributed by atoms with Crippen LogP contribution in [0, 0.1) is 10.1 Å². The first-order valence-corrected chi connectivity index (χ1v) is 4.54. The highest BCUT2D eigenvalue weighted by atomic mass is 16.7. The third kappa shape index (κ3) is 1.71. The molecule has 5 atom stereocenters. The Morgan fingerprint density at radius 2 is 2.00 bits per heavy atom. The summed E-state index contributed by atoms with van der Waals surface area (Å²) in [5.74, 6) is 0. The molecule has 7 nitrogen and oxygen atoms in total. The fourth-order valence-electron chi connectivity index (χ4n) is 1.69. The van der Waals surface area contributed by atoms with Gasteiger partial charge in [-0.25, -0.2) is 0 Å². The Bertz CT molecular complexity index is 260. The van der Waals surface area contributed by atoms with Gasteiger partial charge in [0.2, 0.25) is 0 Å². The van der Waals surface area contributed by atoms with Crippen molar-refractivity contribution in [1.29, 1.82) is 0 Å². The summed E-state index contributed by atoms with van der Waals surface area (Å²) in [4.78, 5) is 10.2. The van der Waals surface area contributed by atoms with E-state index < -0.39 is 35.1 Å². The topological polar surface area (TPSA) is 102 Å². The highest BCUT2D eigenvalue weighted by Gasteiger charge is 2.61. The first-order valence-electron chi connectivity index (χ1n) is 4.54. The summed E-state index contributed by atoms with van der Waals surface area (Å²) in [5, 5.41) is 30.2. The standard InChI is InChI=1S/C8H15NO6/c1-4-5(10)8(2,9(12)13)6(11)7(14-3)15-4/h4-7,10-11H,1-3H3/t4-,5-,6+,7+,8+/m0/s1. The number of aliphatic hydroxyl groups excluding tert-OH is 2. The minimum absolute atomic E-state index is 0.701. The minimum atomic E-state index is -1.88. The van der Waals surface area contributed by atoms with Gasteiger partial charge in [-0.2, -0.15) is 0 Å². The molecule has 0 aliphatic carbocycles. The molecule has 0 saturated carbocycles. The Morgan fingerprint density at radius 1 is 1.47 bits per heavy atom. The molecule has 2 N–H and O–H groups in total. The van der Waals surface area contributed by atoms with E-state index in [-0.39, 0.29) is 0 Å². The molecule has 1 rings (SSSR count). The maximum Gasteiger partial charge on any atom is 0.277 e. The number of ether oxygens (including phenoxy) is 2. The molecule has 0 amide bonds. The van der Waals surface area contributed by atoms with E-state index in [0.717, 1.165) is 0 Å². The van der Waals surface area contributed by atoms with Crippen LogP contribution in [0.2, 0.25) is 0 Å². The van der Waals surface area contributed by atoms with Gasteiger partial charge >= 0.3 is 0 Å². The van der Waals surface area contributed by atoms with Gasteiger partial charge in [0.25, 0.3) is 5.54 Å². The normalized spacial score (nSPS) is 46.5. The molecule has 15 heavy (non-hydrogen) atoms. The fraction of sp³-hybridized carbons (Fsp3) is 1.00. The number of methoxy groups -OCH3 is 1. The molecule has 0 unspecified atom stereocenters. The molecule has 1 aliphatic rings. The summed E-state index contributed by atoms with van der Waals surface area (Å²) >= 11 is 0. The van der Waals surface area contributed by atoms with Crippen LogP contribution in [-0.2, 0) is 9.47 Å². The Kier molecular flexibility index (Phi) is 3.29. The monoisotopic (exact) mass is 221 g/mol. The van der Waals surface area contributed by atoms with Crippen molar-refractivity contribution in [3.05, 3.63) is 10.1 Å². The Hall–Kier alpha value is -0.760. The molecular formula is C8H15NO6. The SMILES string of the molecule is CO[C@@H]1O[C@@H](C)[C@H](O)[C@@](C)([N+](=O)[O-])[C@@H]1O. The second-order valence-electron chi connectivity index (χ2n) is 3.82. The van der Waals surface area contributed by atoms with Crippen LogP contribution in [0.4, 0.5) is 0 Å². The molecule has 0 aromatic heterocycles. The van der Waals surface area contributed by atoms with Crippen LogP contribution in [0.15, 0.2) is 0 Å². The lowest BCUT2D eigenvalue weighted by atomic mass is 9.83. The Balaban J connectivity index is 3.04.